The van der Waals surface area contributed by atoms with Crippen molar-refractivity contribution in [2.75, 3.05) is 20.2 Å². The first-order valence-electron chi connectivity index (χ1n) is 12.6. The number of amides is 1. The second-order valence-electron chi connectivity index (χ2n) is 10.0. The van der Waals surface area contributed by atoms with Crippen molar-refractivity contribution in [3.05, 3.63) is 46.7 Å². The van der Waals surface area contributed by atoms with Gasteiger partial charge in [0.2, 0.25) is 0 Å². The van der Waals surface area contributed by atoms with Gasteiger partial charge in [0, 0.05) is 41.6 Å². The van der Waals surface area contributed by atoms with Crippen molar-refractivity contribution in [2.45, 2.75) is 71.9 Å². The number of benzene rings is 2. The largest absolute Gasteiger partial charge is 0.493 e. The number of aryl methyl sites for hydroxylation is 1. The summed E-state index contributed by atoms with van der Waals surface area (Å²) < 4.78 is 29.1. The van der Waals surface area contributed by atoms with Crippen LogP contribution in [0.25, 0.3) is 22.2 Å². The molecule has 196 valence electrons. The van der Waals surface area contributed by atoms with Crippen LogP contribution in [-0.2, 0) is 11.3 Å². The first kappa shape index (κ1) is 28.0. The predicted molar refractivity (Wildman–Crippen MR) is 146 cm³/mol. The molecule has 0 aliphatic heterocycles. The van der Waals surface area contributed by atoms with E-state index in [1.807, 2.05) is 43.7 Å². The van der Waals surface area contributed by atoms with Gasteiger partial charge < -0.3 is 14.4 Å². The summed E-state index contributed by atoms with van der Waals surface area (Å²) in [7, 11) is 1.76. The third kappa shape index (κ3) is 7.69. The van der Waals surface area contributed by atoms with E-state index in [4.69, 9.17) is 14.6 Å². The van der Waals surface area contributed by atoms with Crippen LogP contribution in [-0.4, -0.2) is 46.6 Å². The number of carbonyl (C=O) groups excluding carboxylic acids is 1. The van der Waals surface area contributed by atoms with Gasteiger partial charge in [-0.05, 0) is 70.4 Å². The lowest BCUT2D eigenvalue weighted by molar-refractivity contribution is 0.0296. The first-order valence-corrected chi connectivity index (χ1v) is 13.4. The minimum atomic E-state index is -0.484. The summed E-state index contributed by atoms with van der Waals surface area (Å²) >= 11 is 3.52. The molecule has 6 nitrogen and oxygen atoms in total. The average Bonchev–Trinajstić information content (AvgIpc) is 3.14. The molecule has 0 saturated heterocycles. The maximum absolute atomic E-state index is 15.1. The Labute approximate surface area is 221 Å². The van der Waals surface area contributed by atoms with Crippen LogP contribution in [0.5, 0.6) is 5.75 Å². The molecule has 0 fully saturated rings. The van der Waals surface area contributed by atoms with Crippen LogP contribution in [0.15, 0.2) is 40.9 Å². The Hall–Kier alpha value is -2.61. The maximum atomic E-state index is 15.1. The van der Waals surface area contributed by atoms with Crippen molar-refractivity contribution < 1.29 is 18.7 Å². The van der Waals surface area contributed by atoms with E-state index in [9.17, 15) is 4.79 Å². The van der Waals surface area contributed by atoms with Crippen molar-refractivity contribution in [3.8, 4) is 17.0 Å². The predicted octanol–water partition coefficient (Wildman–Crippen LogP) is 7.82. The van der Waals surface area contributed by atoms with Gasteiger partial charge in [0.1, 0.15) is 22.9 Å². The second kappa shape index (κ2) is 12.6. The number of carbonyl (C=O) groups is 1. The summed E-state index contributed by atoms with van der Waals surface area (Å²) in [5, 5.41) is 5.64. The monoisotopic (exact) mass is 561 g/mol. The Morgan fingerprint density at radius 3 is 2.56 bits per heavy atom. The molecule has 8 heteroatoms. The van der Waals surface area contributed by atoms with Gasteiger partial charge in [0.25, 0.3) is 0 Å². The number of unbranched alkanes of at least 4 members (excludes halogenated alkanes) is 3. The summed E-state index contributed by atoms with van der Waals surface area (Å²) in [6, 6.07) is 10.9. The van der Waals surface area contributed by atoms with Crippen molar-refractivity contribution in [2.24, 2.45) is 0 Å². The summed E-state index contributed by atoms with van der Waals surface area (Å²) in [6.07, 6.45) is 4.36. The molecule has 0 aliphatic carbocycles. The molecular formula is C28H37BrFN3O3. The highest BCUT2D eigenvalue weighted by molar-refractivity contribution is 9.10. The van der Waals surface area contributed by atoms with Gasteiger partial charge in [-0.25, -0.2) is 9.18 Å². The molecule has 0 radical (unpaired) electrons. The molecule has 1 heterocycles. The molecule has 1 amide bonds. The van der Waals surface area contributed by atoms with Gasteiger partial charge >= 0.3 is 6.09 Å². The van der Waals surface area contributed by atoms with Gasteiger partial charge in [-0.2, -0.15) is 5.10 Å². The molecule has 0 atom stereocenters. The molecule has 3 rings (SSSR count). The van der Waals surface area contributed by atoms with E-state index in [0.717, 1.165) is 54.0 Å². The van der Waals surface area contributed by atoms with Gasteiger partial charge in [-0.15, -0.1) is 0 Å². The standard InChI is InChI=1S/C28H37BrFN3O3/c1-6-15-33-25-18-20(29)11-13-23(25)26(31-33)22-14-12-21(19-24(22)30)35-17-10-8-7-9-16-32(5)27(34)36-28(2,3)4/h11-14,18-19H,6-10,15-17H2,1-5H3. The molecule has 0 aliphatic rings. The highest BCUT2D eigenvalue weighted by Gasteiger charge is 2.19. The molecule has 0 unspecified atom stereocenters. The summed E-state index contributed by atoms with van der Waals surface area (Å²) in [6.45, 7) is 9.62. The van der Waals surface area contributed by atoms with Gasteiger partial charge in [0.05, 0.1) is 12.1 Å². The van der Waals surface area contributed by atoms with Gasteiger partial charge in [-0.1, -0.05) is 35.7 Å². The number of ether oxygens (including phenoxy) is 2. The molecule has 2 aromatic carbocycles. The van der Waals surface area contributed by atoms with Crippen LogP contribution in [0.2, 0.25) is 0 Å². The number of hydrogen-bond donors (Lipinski definition) is 0. The molecule has 0 bridgehead atoms. The van der Waals surface area contributed by atoms with E-state index < -0.39 is 5.60 Å². The van der Waals surface area contributed by atoms with Crippen LogP contribution in [0.1, 0.15) is 59.8 Å². The van der Waals surface area contributed by atoms with E-state index in [2.05, 4.69) is 22.9 Å². The van der Waals surface area contributed by atoms with Crippen LogP contribution < -0.4 is 4.74 Å². The Balaban J connectivity index is 1.49. The zero-order valence-electron chi connectivity index (χ0n) is 21.9. The fourth-order valence-corrected chi connectivity index (χ4v) is 4.28. The van der Waals surface area contributed by atoms with Crippen molar-refractivity contribution in [1.29, 1.82) is 0 Å². The minimum absolute atomic E-state index is 0.297. The highest BCUT2D eigenvalue weighted by Crippen LogP contribution is 2.33. The number of halogens is 2. The third-order valence-corrected chi connectivity index (χ3v) is 6.20. The zero-order valence-corrected chi connectivity index (χ0v) is 23.5. The van der Waals surface area contributed by atoms with Crippen LogP contribution in [0.4, 0.5) is 9.18 Å². The molecule has 3 aromatic rings. The van der Waals surface area contributed by atoms with Crippen LogP contribution in [0, 0.1) is 5.82 Å². The molecule has 0 spiro atoms. The Bertz CT molecular complexity index is 1170. The number of rotatable bonds is 11. The SMILES string of the molecule is CCCn1nc(-c2ccc(OCCCCCCN(C)C(=O)OC(C)(C)C)cc2F)c2ccc(Br)cc21. The molecule has 36 heavy (non-hydrogen) atoms. The summed E-state index contributed by atoms with van der Waals surface area (Å²) in [5.74, 6) is 0.171. The van der Waals surface area contributed by atoms with E-state index >= 15 is 4.39 Å². The molecule has 0 N–H and O–H groups in total. The lowest BCUT2D eigenvalue weighted by Gasteiger charge is -2.24. The van der Waals surface area contributed by atoms with E-state index in [1.165, 1.54) is 6.07 Å². The normalized spacial score (nSPS) is 11.6. The van der Waals surface area contributed by atoms with Crippen LogP contribution in [0.3, 0.4) is 0 Å². The van der Waals surface area contributed by atoms with E-state index in [-0.39, 0.29) is 11.9 Å². The van der Waals surface area contributed by atoms with Crippen LogP contribution >= 0.6 is 15.9 Å². The van der Waals surface area contributed by atoms with Gasteiger partial charge in [-0.3, -0.25) is 4.68 Å². The quantitative estimate of drug-likeness (QED) is 0.224. The Morgan fingerprint density at radius 2 is 1.86 bits per heavy atom. The van der Waals surface area contributed by atoms with E-state index in [1.54, 1.807) is 24.1 Å². The molecular weight excluding hydrogens is 525 g/mol. The number of hydrogen-bond acceptors (Lipinski definition) is 4. The third-order valence-electron chi connectivity index (χ3n) is 5.71. The van der Waals surface area contributed by atoms with Crippen molar-refractivity contribution in [3.63, 3.8) is 0 Å². The fourth-order valence-electron chi connectivity index (χ4n) is 3.93. The summed E-state index contributed by atoms with van der Waals surface area (Å²) in [5.41, 5.74) is 1.62. The fraction of sp³-hybridized carbons (Fsp3) is 0.500. The Kier molecular flexibility index (Phi) is 9.77. The van der Waals surface area contributed by atoms with E-state index in [0.29, 0.717) is 30.2 Å². The second-order valence-corrected chi connectivity index (χ2v) is 11.0. The summed E-state index contributed by atoms with van der Waals surface area (Å²) in [4.78, 5) is 13.6. The van der Waals surface area contributed by atoms with Crippen molar-refractivity contribution in [1.82, 2.24) is 14.7 Å². The number of aromatic nitrogens is 2. The highest BCUT2D eigenvalue weighted by atomic mass is 79.9. The first-order chi connectivity index (χ1) is 17.1. The molecule has 1 aromatic heterocycles. The maximum Gasteiger partial charge on any atom is 0.410 e. The smallest absolute Gasteiger partial charge is 0.410 e. The Morgan fingerprint density at radius 1 is 1.11 bits per heavy atom. The lowest BCUT2D eigenvalue weighted by Crippen LogP contribution is -2.34. The topological polar surface area (TPSA) is 56.6 Å². The lowest BCUT2D eigenvalue weighted by atomic mass is 10.1. The number of fused-ring (bicyclic) bond motifs is 1. The van der Waals surface area contributed by atoms with Crippen molar-refractivity contribution >= 4 is 32.9 Å². The number of nitrogens with zero attached hydrogens (tertiary/aromatic N) is 3. The van der Waals surface area contributed by atoms with Gasteiger partial charge in [0.15, 0.2) is 0 Å². The zero-order chi connectivity index (χ0) is 26.3. The average molecular weight is 563 g/mol. The minimum Gasteiger partial charge on any atom is -0.493 e. The molecule has 0 saturated carbocycles.